The molecule has 16 heavy (non-hydrogen) atoms. The number of carbonyl (C=O) groups excluding carboxylic acids is 1. The van der Waals surface area contributed by atoms with Crippen LogP contribution >= 0.6 is 0 Å². The maximum absolute atomic E-state index is 13.2. The van der Waals surface area contributed by atoms with Crippen LogP contribution < -0.4 is 5.48 Å². The fourth-order valence-corrected chi connectivity index (χ4v) is 0.943. The number of hydroxylamine groups is 1. The van der Waals surface area contributed by atoms with Crippen molar-refractivity contribution in [2.75, 3.05) is 0 Å². The molecular weight excluding hydrogens is 213 g/mol. The predicted octanol–water partition coefficient (Wildman–Crippen LogP) is 1.99. The Bertz CT molecular complexity index is 399. The molecular formula is C11H14FNO3. The number of halogens is 1. The Hall–Kier alpha value is -1.62. The molecule has 1 aromatic rings. The first kappa shape index (κ1) is 12.4. The summed E-state index contributed by atoms with van der Waals surface area (Å²) in [6.07, 6.45) is 0. The van der Waals surface area contributed by atoms with Gasteiger partial charge in [-0.25, -0.2) is 9.87 Å². The third kappa shape index (κ3) is 3.51. The van der Waals surface area contributed by atoms with Crippen molar-refractivity contribution in [2.45, 2.75) is 26.4 Å². The van der Waals surface area contributed by atoms with E-state index in [-0.39, 0.29) is 11.3 Å². The second kappa shape index (κ2) is 4.49. The molecule has 0 aliphatic heterocycles. The summed E-state index contributed by atoms with van der Waals surface area (Å²) in [5, 5.41) is 8.98. The van der Waals surface area contributed by atoms with Crippen molar-refractivity contribution in [3.05, 3.63) is 29.6 Å². The van der Waals surface area contributed by atoms with Gasteiger partial charge < -0.3 is 5.11 Å². The molecule has 2 N–H and O–H groups in total. The summed E-state index contributed by atoms with van der Waals surface area (Å²) in [5.41, 5.74) is 1.41. The molecule has 4 nitrogen and oxygen atoms in total. The van der Waals surface area contributed by atoms with Crippen molar-refractivity contribution in [3.63, 3.8) is 0 Å². The summed E-state index contributed by atoms with van der Waals surface area (Å²) in [5.74, 6) is -1.71. The number of phenols is 1. The minimum atomic E-state index is -0.796. The van der Waals surface area contributed by atoms with Crippen molar-refractivity contribution in [1.82, 2.24) is 5.48 Å². The largest absolute Gasteiger partial charge is 0.508 e. The summed E-state index contributed by atoms with van der Waals surface area (Å²) in [7, 11) is 0. The van der Waals surface area contributed by atoms with Gasteiger partial charge in [0.2, 0.25) is 0 Å². The van der Waals surface area contributed by atoms with E-state index in [9.17, 15) is 9.18 Å². The van der Waals surface area contributed by atoms with Crippen molar-refractivity contribution < 1.29 is 19.1 Å². The Labute approximate surface area is 93.0 Å². The quantitative estimate of drug-likeness (QED) is 0.759. The van der Waals surface area contributed by atoms with Crippen molar-refractivity contribution in [2.24, 2.45) is 0 Å². The van der Waals surface area contributed by atoms with Gasteiger partial charge in [0.05, 0.1) is 11.2 Å². The lowest BCUT2D eigenvalue weighted by atomic mass is 10.2. The Balaban J connectivity index is 2.74. The summed E-state index contributed by atoms with van der Waals surface area (Å²) in [6.45, 7) is 5.25. The molecule has 0 heterocycles. The smallest absolute Gasteiger partial charge is 0.277 e. The monoisotopic (exact) mass is 227 g/mol. The summed E-state index contributed by atoms with van der Waals surface area (Å²) in [4.78, 5) is 16.5. The number of nitrogens with one attached hydrogen (secondary N) is 1. The number of rotatable bonds is 2. The van der Waals surface area contributed by atoms with Gasteiger partial charge >= 0.3 is 0 Å². The van der Waals surface area contributed by atoms with Gasteiger partial charge in [-0.2, -0.15) is 0 Å². The molecule has 0 saturated carbocycles. The zero-order valence-electron chi connectivity index (χ0n) is 9.37. The molecule has 1 aromatic carbocycles. The average molecular weight is 227 g/mol. The predicted molar refractivity (Wildman–Crippen MR) is 56.4 cm³/mol. The molecule has 5 heteroatoms. The minimum absolute atomic E-state index is 0.179. The van der Waals surface area contributed by atoms with Crippen LogP contribution in [0.5, 0.6) is 5.75 Å². The standard InChI is InChI=1S/C11H14FNO3/c1-11(2,3)16-13-10(15)8-5-4-7(14)6-9(8)12/h4-6,14H,1-3H3,(H,13,15). The van der Waals surface area contributed by atoms with E-state index >= 15 is 0 Å². The highest BCUT2D eigenvalue weighted by molar-refractivity contribution is 5.93. The molecule has 0 atom stereocenters. The van der Waals surface area contributed by atoms with E-state index in [0.29, 0.717) is 0 Å². The molecule has 0 spiro atoms. The second-order valence-electron chi connectivity index (χ2n) is 4.31. The highest BCUT2D eigenvalue weighted by atomic mass is 19.1. The van der Waals surface area contributed by atoms with E-state index < -0.39 is 17.3 Å². The third-order valence-corrected chi connectivity index (χ3v) is 1.65. The van der Waals surface area contributed by atoms with Crippen molar-refractivity contribution in [1.29, 1.82) is 0 Å². The molecule has 0 unspecified atom stereocenters. The highest BCUT2D eigenvalue weighted by Gasteiger charge is 2.16. The third-order valence-electron chi connectivity index (χ3n) is 1.65. The number of hydrogen-bond donors (Lipinski definition) is 2. The zero-order valence-corrected chi connectivity index (χ0v) is 9.37. The van der Waals surface area contributed by atoms with Gasteiger partial charge in [0.25, 0.3) is 5.91 Å². The Morgan fingerprint density at radius 1 is 1.44 bits per heavy atom. The van der Waals surface area contributed by atoms with E-state index in [0.717, 1.165) is 6.07 Å². The van der Waals surface area contributed by atoms with Gasteiger partial charge in [0.15, 0.2) is 0 Å². The number of aromatic hydroxyl groups is 1. The zero-order chi connectivity index (χ0) is 12.3. The van der Waals surface area contributed by atoms with Crippen LogP contribution in [0, 0.1) is 5.82 Å². The first-order valence-corrected chi connectivity index (χ1v) is 4.76. The first-order chi connectivity index (χ1) is 7.29. The molecule has 0 bridgehead atoms. The number of carbonyl (C=O) groups is 1. The number of phenolic OH excluding ortho intramolecular Hbond substituents is 1. The SMILES string of the molecule is CC(C)(C)ONC(=O)c1ccc(O)cc1F. The fourth-order valence-electron chi connectivity index (χ4n) is 0.943. The van der Waals surface area contributed by atoms with Crippen LogP contribution in [0.25, 0.3) is 0 Å². The lowest BCUT2D eigenvalue weighted by molar-refractivity contribution is -0.0591. The molecule has 0 aliphatic carbocycles. The molecule has 88 valence electrons. The van der Waals surface area contributed by atoms with E-state index in [1.165, 1.54) is 12.1 Å². The second-order valence-corrected chi connectivity index (χ2v) is 4.31. The number of benzene rings is 1. The fraction of sp³-hybridized carbons (Fsp3) is 0.364. The number of amides is 1. The van der Waals surface area contributed by atoms with Crippen molar-refractivity contribution >= 4 is 5.91 Å². The first-order valence-electron chi connectivity index (χ1n) is 4.76. The van der Waals surface area contributed by atoms with E-state index in [4.69, 9.17) is 9.94 Å². The van der Waals surface area contributed by atoms with Crippen LogP contribution in [0.2, 0.25) is 0 Å². The Morgan fingerprint density at radius 2 is 2.06 bits per heavy atom. The molecule has 0 fully saturated rings. The molecule has 0 aromatic heterocycles. The van der Waals surface area contributed by atoms with Gasteiger partial charge in [-0.1, -0.05) is 0 Å². The highest BCUT2D eigenvalue weighted by Crippen LogP contribution is 2.15. The maximum atomic E-state index is 13.2. The molecule has 0 saturated heterocycles. The Morgan fingerprint density at radius 3 is 2.56 bits per heavy atom. The van der Waals surface area contributed by atoms with Crippen LogP contribution in [0.4, 0.5) is 4.39 Å². The van der Waals surface area contributed by atoms with E-state index in [1.807, 2.05) is 0 Å². The van der Waals surface area contributed by atoms with Crippen LogP contribution in [0.3, 0.4) is 0 Å². The molecule has 0 aliphatic rings. The lowest BCUT2D eigenvalue weighted by Crippen LogP contribution is -2.33. The summed E-state index contributed by atoms with van der Waals surface area (Å²) >= 11 is 0. The number of hydrogen-bond acceptors (Lipinski definition) is 3. The van der Waals surface area contributed by atoms with Crippen LogP contribution in [0.1, 0.15) is 31.1 Å². The molecule has 1 rings (SSSR count). The average Bonchev–Trinajstić information content (AvgIpc) is 2.13. The minimum Gasteiger partial charge on any atom is -0.508 e. The van der Waals surface area contributed by atoms with Crippen LogP contribution in [0.15, 0.2) is 18.2 Å². The van der Waals surface area contributed by atoms with Crippen LogP contribution in [-0.4, -0.2) is 16.6 Å². The van der Waals surface area contributed by atoms with E-state index in [2.05, 4.69) is 5.48 Å². The van der Waals surface area contributed by atoms with Crippen molar-refractivity contribution in [3.8, 4) is 5.75 Å². The topological polar surface area (TPSA) is 58.6 Å². The van der Waals surface area contributed by atoms with Crippen LogP contribution in [-0.2, 0) is 4.84 Å². The summed E-state index contributed by atoms with van der Waals surface area (Å²) in [6, 6.07) is 3.28. The molecule has 1 amide bonds. The van der Waals surface area contributed by atoms with Gasteiger partial charge in [-0.15, -0.1) is 0 Å². The maximum Gasteiger partial charge on any atom is 0.277 e. The van der Waals surface area contributed by atoms with Gasteiger partial charge in [-0.3, -0.25) is 9.63 Å². The lowest BCUT2D eigenvalue weighted by Gasteiger charge is -2.19. The summed E-state index contributed by atoms with van der Waals surface area (Å²) < 4.78 is 13.2. The van der Waals surface area contributed by atoms with Gasteiger partial charge in [-0.05, 0) is 32.9 Å². The molecule has 0 radical (unpaired) electrons. The van der Waals surface area contributed by atoms with Gasteiger partial charge in [0, 0.05) is 6.07 Å². The normalized spacial score (nSPS) is 11.2. The van der Waals surface area contributed by atoms with E-state index in [1.54, 1.807) is 20.8 Å². The van der Waals surface area contributed by atoms with Gasteiger partial charge in [0.1, 0.15) is 11.6 Å². The Kier molecular flexibility index (Phi) is 3.49.